The Bertz CT molecular complexity index is 598. The summed E-state index contributed by atoms with van der Waals surface area (Å²) in [5, 5.41) is 12.0. The third-order valence-electron chi connectivity index (χ3n) is 3.41. The Hall–Kier alpha value is -2.12. The summed E-state index contributed by atoms with van der Waals surface area (Å²) in [4.78, 5) is 12.8. The molecule has 21 heavy (non-hydrogen) atoms. The van der Waals surface area contributed by atoms with Crippen LogP contribution in [-0.2, 0) is 11.0 Å². The van der Waals surface area contributed by atoms with Crippen LogP contribution in [0.25, 0.3) is 0 Å². The minimum atomic E-state index is -4.65. The average molecular weight is 304 g/mol. The molecule has 0 saturated carbocycles. The summed E-state index contributed by atoms with van der Waals surface area (Å²) < 4.78 is 51.3. The summed E-state index contributed by atoms with van der Waals surface area (Å²) >= 11 is 0. The van der Waals surface area contributed by atoms with Crippen LogP contribution in [0.5, 0.6) is 0 Å². The van der Waals surface area contributed by atoms with Crippen LogP contribution in [0.3, 0.4) is 0 Å². The van der Waals surface area contributed by atoms with E-state index in [1.54, 1.807) is 7.05 Å². The fraction of sp³-hybridized carbons (Fsp3) is 0.385. The van der Waals surface area contributed by atoms with Crippen LogP contribution in [0.2, 0.25) is 0 Å². The van der Waals surface area contributed by atoms with Gasteiger partial charge in [-0.2, -0.15) is 13.2 Å². The molecule has 0 radical (unpaired) electrons. The van der Waals surface area contributed by atoms with Crippen molar-refractivity contribution in [3.63, 3.8) is 0 Å². The number of hydrogen-bond acceptors (Lipinski definition) is 3. The van der Waals surface area contributed by atoms with Crippen molar-refractivity contribution < 1.29 is 27.6 Å². The average Bonchev–Trinajstić information content (AvgIpc) is 2.71. The van der Waals surface area contributed by atoms with Crippen molar-refractivity contribution in [3.05, 3.63) is 35.1 Å². The maximum atomic E-state index is 13.9. The van der Waals surface area contributed by atoms with E-state index in [1.807, 2.05) is 0 Å². The molecule has 2 rings (SSSR count). The Labute approximate surface area is 117 Å². The van der Waals surface area contributed by atoms with Gasteiger partial charge in [0.05, 0.1) is 11.3 Å². The van der Waals surface area contributed by atoms with E-state index in [2.05, 4.69) is 5.16 Å². The molecule has 1 aliphatic rings. The van der Waals surface area contributed by atoms with Crippen molar-refractivity contribution in [2.24, 2.45) is 11.1 Å². The van der Waals surface area contributed by atoms with E-state index in [0.29, 0.717) is 12.1 Å². The zero-order chi connectivity index (χ0) is 15.8. The summed E-state index contributed by atoms with van der Waals surface area (Å²) in [5.74, 6) is -1.90. The van der Waals surface area contributed by atoms with E-state index in [9.17, 15) is 22.4 Å². The maximum Gasteiger partial charge on any atom is 0.416 e. The Kier molecular flexibility index (Phi) is 3.89. The Morgan fingerprint density at radius 2 is 2.10 bits per heavy atom. The first-order valence-electron chi connectivity index (χ1n) is 6.07. The highest BCUT2D eigenvalue weighted by molar-refractivity contribution is 6.05. The molecule has 1 amide bonds. The SMILES string of the molecule is CN1CC(/C(=N\O)c2ccc(C(F)(F)F)cc2F)CC1=O. The monoisotopic (exact) mass is 304 g/mol. The van der Waals surface area contributed by atoms with Gasteiger partial charge in [-0.25, -0.2) is 4.39 Å². The Morgan fingerprint density at radius 1 is 1.43 bits per heavy atom. The number of likely N-dealkylation sites (tertiary alicyclic amines) is 1. The molecule has 0 aliphatic carbocycles. The predicted molar refractivity (Wildman–Crippen MR) is 65.5 cm³/mol. The maximum absolute atomic E-state index is 13.9. The fourth-order valence-corrected chi connectivity index (χ4v) is 2.30. The molecule has 4 nitrogen and oxygen atoms in total. The first kappa shape index (κ1) is 15.3. The van der Waals surface area contributed by atoms with Gasteiger partial charge in [0.25, 0.3) is 0 Å². The van der Waals surface area contributed by atoms with Gasteiger partial charge < -0.3 is 10.1 Å². The number of nitrogens with zero attached hydrogens (tertiary/aromatic N) is 2. The van der Waals surface area contributed by atoms with Crippen LogP contribution in [-0.4, -0.2) is 35.3 Å². The van der Waals surface area contributed by atoms with Gasteiger partial charge in [0.2, 0.25) is 5.91 Å². The number of carbonyl (C=O) groups excluding carboxylic acids is 1. The predicted octanol–water partition coefficient (Wildman–Crippen LogP) is 2.50. The highest BCUT2D eigenvalue weighted by Crippen LogP contribution is 2.31. The van der Waals surface area contributed by atoms with E-state index in [-0.39, 0.29) is 30.1 Å². The van der Waals surface area contributed by atoms with Gasteiger partial charge in [-0.1, -0.05) is 5.16 Å². The second-order valence-corrected chi connectivity index (χ2v) is 4.85. The number of amides is 1. The highest BCUT2D eigenvalue weighted by atomic mass is 19.4. The zero-order valence-corrected chi connectivity index (χ0v) is 11.0. The quantitative estimate of drug-likeness (QED) is 0.395. The molecule has 1 N–H and O–H groups in total. The van der Waals surface area contributed by atoms with Crippen molar-refractivity contribution in [2.75, 3.05) is 13.6 Å². The van der Waals surface area contributed by atoms with Gasteiger partial charge in [-0.05, 0) is 18.2 Å². The lowest BCUT2D eigenvalue weighted by molar-refractivity contribution is -0.137. The van der Waals surface area contributed by atoms with Gasteiger partial charge in [-0.3, -0.25) is 4.79 Å². The number of halogens is 4. The van der Waals surface area contributed by atoms with Crippen LogP contribution < -0.4 is 0 Å². The third kappa shape index (κ3) is 2.98. The molecule has 1 aromatic carbocycles. The highest BCUT2D eigenvalue weighted by Gasteiger charge is 2.35. The Morgan fingerprint density at radius 3 is 2.52 bits per heavy atom. The zero-order valence-electron chi connectivity index (χ0n) is 11.0. The van der Waals surface area contributed by atoms with Gasteiger partial charge in [0, 0.05) is 31.5 Å². The van der Waals surface area contributed by atoms with Crippen LogP contribution in [0.15, 0.2) is 23.4 Å². The van der Waals surface area contributed by atoms with Crippen LogP contribution in [0, 0.1) is 11.7 Å². The second kappa shape index (κ2) is 5.34. The summed E-state index contributed by atoms with van der Waals surface area (Å²) in [6, 6.07) is 1.97. The largest absolute Gasteiger partial charge is 0.416 e. The number of oxime groups is 1. The molecule has 1 saturated heterocycles. The summed E-state index contributed by atoms with van der Waals surface area (Å²) in [7, 11) is 1.54. The van der Waals surface area contributed by atoms with Crippen LogP contribution in [0.1, 0.15) is 17.5 Å². The molecule has 1 atom stereocenters. The molecule has 0 aromatic heterocycles. The number of carbonyl (C=O) groups is 1. The first-order chi connectivity index (χ1) is 9.74. The van der Waals surface area contributed by atoms with Crippen molar-refractivity contribution in [1.82, 2.24) is 4.90 Å². The van der Waals surface area contributed by atoms with E-state index < -0.39 is 23.5 Å². The topological polar surface area (TPSA) is 52.9 Å². The molecule has 1 aliphatic heterocycles. The molecular formula is C13H12F4N2O2. The van der Waals surface area contributed by atoms with Crippen LogP contribution in [0.4, 0.5) is 17.6 Å². The first-order valence-corrected chi connectivity index (χ1v) is 6.07. The number of benzene rings is 1. The molecule has 1 unspecified atom stereocenters. The van der Waals surface area contributed by atoms with Crippen molar-refractivity contribution >= 4 is 11.6 Å². The lowest BCUT2D eigenvalue weighted by atomic mass is 9.94. The summed E-state index contributed by atoms with van der Waals surface area (Å²) in [6.45, 7) is 0.221. The standard InChI is InChI=1S/C13H12F4N2O2/c1-19-6-7(4-11(19)20)12(18-21)9-3-2-8(5-10(9)14)13(15,16)17/h2-3,5,7,21H,4,6H2,1H3/b18-12+. The van der Waals surface area contributed by atoms with E-state index in [1.165, 1.54) is 4.90 Å². The molecule has 114 valence electrons. The molecule has 8 heteroatoms. The summed E-state index contributed by atoms with van der Waals surface area (Å²) in [6.07, 6.45) is -4.63. The second-order valence-electron chi connectivity index (χ2n) is 4.85. The third-order valence-corrected chi connectivity index (χ3v) is 3.41. The molecule has 1 heterocycles. The van der Waals surface area contributed by atoms with Gasteiger partial charge >= 0.3 is 6.18 Å². The minimum absolute atomic E-state index is 0.0242. The number of alkyl halides is 3. The number of rotatable bonds is 2. The van der Waals surface area contributed by atoms with Crippen molar-refractivity contribution in [1.29, 1.82) is 0 Å². The van der Waals surface area contributed by atoms with E-state index >= 15 is 0 Å². The lowest BCUT2D eigenvalue weighted by Gasteiger charge is -2.14. The Balaban J connectivity index is 2.34. The molecular weight excluding hydrogens is 292 g/mol. The van der Waals surface area contributed by atoms with Crippen LogP contribution >= 0.6 is 0 Å². The van der Waals surface area contributed by atoms with Crippen molar-refractivity contribution in [2.45, 2.75) is 12.6 Å². The van der Waals surface area contributed by atoms with E-state index in [0.717, 1.165) is 6.07 Å². The molecule has 1 fully saturated rings. The van der Waals surface area contributed by atoms with Crippen molar-refractivity contribution in [3.8, 4) is 0 Å². The smallest absolute Gasteiger partial charge is 0.411 e. The van der Waals surface area contributed by atoms with E-state index in [4.69, 9.17) is 5.21 Å². The molecule has 1 aromatic rings. The van der Waals surface area contributed by atoms with Gasteiger partial charge in [-0.15, -0.1) is 0 Å². The lowest BCUT2D eigenvalue weighted by Crippen LogP contribution is -2.22. The number of hydrogen-bond donors (Lipinski definition) is 1. The van der Waals surface area contributed by atoms with Gasteiger partial charge in [0.1, 0.15) is 5.82 Å². The normalized spacial score (nSPS) is 20.2. The summed E-state index contributed by atoms with van der Waals surface area (Å²) in [5.41, 5.74) is -1.49. The fourth-order valence-electron chi connectivity index (χ4n) is 2.30. The molecule has 0 bridgehead atoms. The molecule has 0 spiro atoms. The minimum Gasteiger partial charge on any atom is -0.411 e. The van der Waals surface area contributed by atoms with Gasteiger partial charge in [0.15, 0.2) is 0 Å².